The summed E-state index contributed by atoms with van der Waals surface area (Å²) in [6.45, 7) is 13.6. The van der Waals surface area contributed by atoms with Crippen LogP contribution in [0, 0.1) is 17.8 Å². The first-order valence-electron chi connectivity index (χ1n) is 19.3. The highest BCUT2D eigenvalue weighted by molar-refractivity contribution is 5.93. The van der Waals surface area contributed by atoms with Crippen molar-refractivity contribution in [3.05, 3.63) is 42.0 Å². The second-order valence-corrected chi connectivity index (χ2v) is 15.6. The van der Waals surface area contributed by atoms with E-state index >= 15 is 0 Å². The van der Waals surface area contributed by atoms with Gasteiger partial charge in [-0.05, 0) is 91.8 Å². The van der Waals surface area contributed by atoms with Crippen LogP contribution in [-0.2, 0) is 35.1 Å². The number of benzene rings is 1. The Labute approximate surface area is 318 Å². The van der Waals surface area contributed by atoms with Gasteiger partial charge < -0.3 is 29.7 Å². The largest absolute Gasteiger partial charge is 0.481 e. The van der Waals surface area contributed by atoms with Crippen molar-refractivity contribution in [1.82, 2.24) is 5.32 Å². The number of hydrogen-bond donors (Lipinski definition) is 3. The van der Waals surface area contributed by atoms with E-state index in [0.29, 0.717) is 36.4 Å². The summed E-state index contributed by atoms with van der Waals surface area (Å²) in [6, 6.07) is 5.84. The van der Waals surface area contributed by atoms with Crippen LogP contribution < -0.4 is 10.1 Å². The molecule has 1 aromatic rings. The van der Waals surface area contributed by atoms with Gasteiger partial charge in [0.25, 0.3) is 0 Å². The standard InChI is InChI=1S/C43H67NO9/c1-9-11-13-16-19-22-34(46)23-20-17-14-15-18-21-24-36(43(50,29-30-45)40(49)53-42(6,7)8)38(47)44-37(39(48)52-41(3,4)5)32-33-25-27-35(28-26-33)51-31-12-10-2/h21,24-28,36-37,45,50H,9,11,13-20,22-23,29-32H2,1-8H3,(H,44,47)/b24-21+/t36-,37+,43+/m1/s1. The smallest absolute Gasteiger partial charge is 0.339 e. The van der Waals surface area contributed by atoms with Crippen LogP contribution >= 0.6 is 0 Å². The SMILES string of the molecule is CC#CCOc1ccc(C[C@H](NC(=O)[C@@H](/C=C/CCCCCCC(=O)CCCCCCC)[C@@](O)(CCO)C(=O)OC(C)(C)C)C(=O)OC(C)(C)C)cc1. The van der Waals surface area contributed by atoms with Gasteiger partial charge in [-0.25, -0.2) is 9.59 Å². The molecule has 0 radical (unpaired) electrons. The van der Waals surface area contributed by atoms with Crippen LogP contribution in [0.15, 0.2) is 36.4 Å². The molecule has 0 heterocycles. The van der Waals surface area contributed by atoms with E-state index in [1.807, 2.05) is 0 Å². The molecule has 0 saturated carbocycles. The third kappa shape index (κ3) is 20.4. The molecule has 3 N–H and O–H groups in total. The normalized spacial score (nSPS) is 14.0. The van der Waals surface area contributed by atoms with E-state index in [9.17, 15) is 29.4 Å². The Morgan fingerprint density at radius 3 is 1.98 bits per heavy atom. The number of aliphatic hydroxyl groups excluding tert-OH is 1. The zero-order valence-corrected chi connectivity index (χ0v) is 33.7. The molecule has 1 aromatic carbocycles. The topological polar surface area (TPSA) is 148 Å². The maximum Gasteiger partial charge on any atom is 0.339 e. The molecule has 0 bridgehead atoms. The van der Waals surface area contributed by atoms with Gasteiger partial charge >= 0.3 is 11.9 Å². The lowest BCUT2D eigenvalue weighted by atomic mass is 9.82. The van der Waals surface area contributed by atoms with E-state index in [0.717, 1.165) is 38.5 Å². The van der Waals surface area contributed by atoms with E-state index in [1.165, 1.54) is 25.3 Å². The predicted octanol–water partition coefficient (Wildman–Crippen LogP) is 7.36. The zero-order valence-electron chi connectivity index (χ0n) is 33.7. The zero-order chi connectivity index (χ0) is 39.9. The molecule has 0 aliphatic heterocycles. The van der Waals surface area contributed by atoms with Crippen LogP contribution in [0.2, 0.25) is 0 Å². The summed E-state index contributed by atoms with van der Waals surface area (Å²) in [4.78, 5) is 53.3. The maximum absolute atomic E-state index is 14.1. The Kier molecular flexibility index (Phi) is 22.0. The van der Waals surface area contributed by atoms with Crippen molar-refractivity contribution in [1.29, 1.82) is 0 Å². The Morgan fingerprint density at radius 2 is 1.43 bits per heavy atom. The number of amides is 1. The van der Waals surface area contributed by atoms with E-state index in [2.05, 4.69) is 24.1 Å². The minimum Gasteiger partial charge on any atom is -0.481 e. The van der Waals surface area contributed by atoms with Crippen molar-refractivity contribution in [3.63, 3.8) is 0 Å². The summed E-state index contributed by atoms with van der Waals surface area (Å²) in [5.41, 5.74) is -3.57. The number of rotatable bonds is 25. The second kappa shape index (κ2) is 24.6. The van der Waals surface area contributed by atoms with Gasteiger partial charge in [0.15, 0.2) is 5.60 Å². The van der Waals surface area contributed by atoms with Crippen molar-refractivity contribution >= 4 is 23.6 Å². The number of nitrogens with one attached hydrogen (secondary N) is 1. The van der Waals surface area contributed by atoms with Gasteiger partial charge in [-0.1, -0.05) is 75.7 Å². The quantitative estimate of drug-likeness (QED) is 0.0405. The minimum absolute atomic E-state index is 0.0539. The summed E-state index contributed by atoms with van der Waals surface area (Å²) in [6.07, 6.45) is 13.5. The van der Waals surface area contributed by atoms with Crippen LogP contribution in [0.4, 0.5) is 0 Å². The molecular weight excluding hydrogens is 674 g/mol. The lowest BCUT2D eigenvalue weighted by Crippen LogP contribution is -2.56. The minimum atomic E-state index is -2.43. The van der Waals surface area contributed by atoms with E-state index in [1.54, 1.807) is 78.8 Å². The Morgan fingerprint density at radius 1 is 0.849 bits per heavy atom. The van der Waals surface area contributed by atoms with Gasteiger partial charge in [0.1, 0.15) is 35.4 Å². The summed E-state index contributed by atoms with van der Waals surface area (Å²) >= 11 is 0. The number of ketones is 1. The van der Waals surface area contributed by atoms with Gasteiger partial charge in [-0.15, -0.1) is 5.92 Å². The molecule has 0 aliphatic rings. The van der Waals surface area contributed by atoms with Gasteiger partial charge in [0, 0.05) is 32.3 Å². The fourth-order valence-electron chi connectivity index (χ4n) is 5.58. The number of hydrogen-bond acceptors (Lipinski definition) is 9. The van der Waals surface area contributed by atoms with Gasteiger partial charge in [-0.2, -0.15) is 0 Å². The third-order valence-corrected chi connectivity index (χ3v) is 8.37. The highest BCUT2D eigenvalue weighted by Gasteiger charge is 2.49. The van der Waals surface area contributed by atoms with Crippen LogP contribution in [0.5, 0.6) is 5.75 Å². The number of Topliss-reactive ketones (excluding diaryl/α,β-unsaturated/α-hetero) is 1. The van der Waals surface area contributed by atoms with Crippen LogP contribution in [0.25, 0.3) is 0 Å². The lowest BCUT2D eigenvalue weighted by Gasteiger charge is -2.35. The third-order valence-electron chi connectivity index (χ3n) is 8.37. The van der Waals surface area contributed by atoms with Crippen LogP contribution in [0.1, 0.15) is 144 Å². The first-order valence-corrected chi connectivity index (χ1v) is 19.3. The first kappa shape index (κ1) is 47.3. The molecule has 1 rings (SSSR count). The van der Waals surface area contributed by atoms with Crippen molar-refractivity contribution in [2.75, 3.05) is 13.2 Å². The Bertz CT molecular complexity index is 1340. The molecule has 298 valence electrons. The molecule has 0 fully saturated rings. The van der Waals surface area contributed by atoms with Crippen molar-refractivity contribution in [2.24, 2.45) is 5.92 Å². The number of allylic oxidation sites excluding steroid dienone is 1. The van der Waals surface area contributed by atoms with E-state index < -0.39 is 59.6 Å². The molecular formula is C43H67NO9. The molecule has 53 heavy (non-hydrogen) atoms. The van der Waals surface area contributed by atoms with Crippen molar-refractivity contribution in [2.45, 2.75) is 168 Å². The van der Waals surface area contributed by atoms with E-state index in [-0.39, 0.29) is 13.0 Å². The summed E-state index contributed by atoms with van der Waals surface area (Å²) < 4.78 is 16.8. The fourth-order valence-corrected chi connectivity index (χ4v) is 5.58. The molecule has 0 aromatic heterocycles. The van der Waals surface area contributed by atoms with Crippen LogP contribution in [0.3, 0.4) is 0 Å². The number of unbranched alkanes of at least 4 members (excludes halogenated alkanes) is 8. The molecule has 0 unspecified atom stereocenters. The number of esters is 2. The molecule has 10 heteroatoms. The summed E-state index contributed by atoms with van der Waals surface area (Å²) in [5, 5.41) is 24.5. The average Bonchev–Trinajstić information content (AvgIpc) is 3.06. The Hall–Kier alpha value is -3.68. The van der Waals surface area contributed by atoms with Gasteiger partial charge in [-0.3, -0.25) is 9.59 Å². The molecule has 0 spiro atoms. The Balaban J connectivity index is 3.17. The van der Waals surface area contributed by atoms with Crippen molar-refractivity contribution < 1.29 is 43.6 Å². The number of carbonyl (C=O) groups is 4. The average molecular weight is 742 g/mol. The molecule has 0 aliphatic carbocycles. The predicted molar refractivity (Wildman–Crippen MR) is 208 cm³/mol. The number of carbonyl (C=O) groups excluding carboxylic acids is 4. The van der Waals surface area contributed by atoms with Crippen molar-refractivity contribution in [3.8, 4) is 17.6 Å². The fraction of sp³-hybridized carbons (Fsp3) is 0.674. The van der Waals surface area contributed by atoms with E-state index in [4.69, 9.17) is 14.2 Å². The monoisotopic (exact) mass is 741 g/mol. The van der Waals surface area contributed by atoms with Gasteiger partial charge in [0.2, 0.25) is 5.91 Å². The van der Waals surface area contributed by atoms with Gasteiger partial charge in [0.05, 0.1) is 5.92 Å². The maximum atomic E-state index is 14.1. The molecule has 10 nitrogen and oxygen atoms in total. The lowest BCUT2D eigenvalue weighted by molar-refractivity contribution is -0.185. The molecule has 1 amide bonds. The number of ether oxygens (including phenoxy) is 3. The molecule has 3 atom stereocenters. The molecule has 0 saturated heterocycles. The van der Waals surface area contributed by atoms with Crippen LogP contribution in [-0.4, -0.2) is 69.9 Å². The summed E-state index contributed by atoms with van der Waals surface area (Å²) in [7, 11) is 0. The summed E-state index contributed by atoms with van der Waals surface area (Å²) in [5.74, 6) is 2.45. The second-order valence-electron chi connectivity index (χ2n) is 15.6. The highest BCUT2D eigenvalue weighted by atomic mass is 16.6. The number of aliphatic hydroxyl groups is 2. The first-order chi connectivity index (χ1) is 25.0. The highest BCUT2D eigenvalue weighted by Crippen LogP contribution is 2.29.